The zero-order valence-electron chi connectivity index (χ0n) is 18.8. The molecular weight excluding hydrogens is 455 g/mol. The third kappa shape index (κ3) is 5.13. The first-order valence-electron chi connectivity index (χ1n) is 9.94. The number of alkyl halides is 3. The Bertz CT molecular complexity index is 1250. The summed E-state index contributed by atoms with van der Waals surface area (Å²) < 4.78 is 56.2. The van der Waals surface area contributed by atoms with Crippen molar-refractivity contribution in [2.24, 2.45) is 0 Å². The van der Waals surface area contributed by atoms with Crippen LogP contribution in [-0.4, -0.2) is 37.0 Å². The fraction of sp³-hybridized carbons (Fsp3) is 0.261. The van der Waals surface area contributed by atoms with Gasteiger partial charge in [0.2, 0.25) is 11.2 Å². The predicted octanol–water partition coefficient (Wildman–Crippen LogP) is 3.52. The molecule has 3 aromatic rings. The first-order chi connectivity index (χ1) is 16.1. The maximum absolute atomic E-state index is 13.1. The molecule has 0 aliphatic carbocycles. The van der Waals surface area contributed by atoms with E-state index in [1.165, 1.54) is 40.4 Å². The Morgan fingerprint density at radius 3 is 2.24 bits per heavy atom. The molecule has 8 nitrogen and oxygen atoms in total. The van der Waals surface area contributed by atoms with Gasteiger partial charge in [-0.3, -0.25) is 9.59 Å². The summed E-state index contributed by atoms with van der Waals surface area (Å²) in [5, 5.41) is 6.61. The van der Waals surface area contributed by atoms with Crippen molar-refractivity contribution in [2.45, 2.75) is 19.6 Å². The lowest BCUT2D eigenvalue weighted by molar-refractivity contribution is -0.137. The molecule has 2 aromatic carbocycles. The summed E-state index contributed by atoms with van der Waals surface area (Å²) in [6.07, 6.45) is -4.55. The van der Waals surface area contributed by atoms with E-state index in [-0.39, 0.29) is 17.9 Å². The third-order valence-corrected chi connectivity index (χ3v) is 4.92. The van der Waals surface area contributed by atoms with E-state index in [4.69, 9.17) is 14.2 Å². The highest BCUT2D eigenvalue weighted by atomic mass is 19.4. The summed E-state index contributed by atoms with van der Waals surface area (Å²) in [4.78, 5) is 25.2. The third-order valence-electron chi connectivity index (χ3n) is 4.92. The summed E-state index contributed by atoms with van der Waals surface area (Å²) in [6.45, 7) is 1.50. The molecule has 0 radical (unpaired) electrons. The minimum Gasteiger partial charge on any atom is -0.493 e. The quantitative estimate of drug-likeness (QED) is 0.560. The Morgan fingerprint density at radius 2 is 1.68 bits per heavy atom. The number of aromatic nitrogens is 2. The molecule has 0 fully saturated rings. The summed E-state index contributed by atoms with van der Waals surface area (Å²) in [5.74, 6) is 0.349. The minimum absolute atomic E-state index is 0.00585. The molecule has 0 saturated heterocycles. The lowest BCUT2D eigenvalue weighted by Crippen LogP contribution is -2.31. The molecule has 34 heavy (non-hydrogen) atoms. The number of halogens is 3. The van der Waals surface area contributed by atoms with Gasteiger partial charge in [0.15, 0.2) is 17.2 Å². The normalized spacial score (nSPS) is 11.1. The number of benzene rings is 2. The van der Waals surface area contributed by atoms with Gasteiger partial charge in [-0.15, -0.1) is 0 Å². The second-order valence-electron chi connectivity index (χ2n) is 7.17. The Morgan fingerprint density at radius 1 is 1.03 bits per heavy atom. The first-order valence-corrected chi connectivity index (χ1v) is 9.94. The monoisotopic (exact) mass is 477 g/mol. The van der Waals surface area contributed by atoms with Crippen LogP contribution in [0.5, 0.6) is 17.2 Å². The fourth-order valence-electron chi connectivity index (χ4n) is 3.28. The summed E-state index contributed by atoms with van der Waals surface area (Å²) in [6, 6.07) is 8.84. The molecule has 1 N–H and O–H groups in total. The molecule has 0 saturated carbocycles. The van der Waals surface area contributed by atoms with Gasteiger partial charge in [0.1, 0.15) is 0 Å². The van der Waals surface area contributed by atoms with Crippen LogP contribution < -0.4 is 25.0 Å². The molecule has 1 amide bonds. The topological polar surface area (TPSA) is 91.7 Å². The van der Waals surface area contributed by atoms with Crippen LogP contribution in [0.2, 0.25) is 0 Å². The average Bonchev–Trinajstić information content (AvgIpc) is 2.81. The van der Waals surface area contributed by atoms with E-state index in [9.17, 15) is 22.8 Å². The Balaban J connectivity index is 1.90. The maximum Gasteiger partial charge on any atom is 0.416 e. The predicted molar refractivity (Wildman–Crippen MR) is 117 cm³/mol. The number of carbonyl (C=O) groups excluding carboxylic acids is 1. The molecule has 0 bridgehead atoms. The maximum atomic E-state index is 13.1. The van der Waals surface area contributed by atoms with Gasteiger partial charge in [-0.05, 0) is 42.8 Å². The highest BCUT2D eigenvalue weighted by Gasteiger charge is 2.30. The van der Waals surface area contributed by atoms with E-state index in [0.29, 0.717) is 22.8 Å². The number of carbonyl (C=O) groups is 1. The van der Waals surface area contributed by atoms with Crippen molar-refractivity contribution in [1.29, 1.82) is 0 Å². The minimum atomic E-state index is -4.55. The molecule has 0 spiro atoms. The molecule has 1 aromatic heterocycles. The van der Waals surface area contributed by atoms with Crippen LogP contribution in [0.3, 0.4) is 0 Å². The van der Waals surface area contributed by atoms with E-state index in [0.717, 1.165) is 22.9 Å². The van der Waals surface area contributed by atoms with E-state index >= 15 is 0 Å². The van der Waals surface area contributed by atoms with Crippen molar-refractivity contribution in [2.75, 3.05) is 21.3 Å². The SMILES string of the molecule is COc1cc(CNC(=O)c2nn(-c3cccc(C(F)(F)F)c3)c(C)cc2=O)cc(OC)c1OC. The van der Waals surface area contributed by atoms with Crippen molar-refractivity contribution in [1.82, 2.24) is 15.1 Å². The molecule has 180 valence electrons. The van der Waals surface area contributed by atoms with Gasteiger partial charge < -0.3 is 19.5 Å². The molecule has 3 rings (SSSR count). The number of nitrogens with one attached hydrogen (secondary N) is 1. The summed E-state index contributed by atoms with van der Waals surface area (Å²) >= 11 is 0. The molecule has 0 aliphatic rings. The summed E-state index contributed by atoms with van der Waals surface area (Å²) in [7, 11) is 4.36. The van der Waals surface area contributed by atoms with Gasteiger partial charge in [0.05, 0.1) is 32.6 Å². The van der Waals surface area contributed by atoms with Crippen LogP contribution >= 0.6 is 0 Å². The molecule has 11 heteroatoms. The van der Waals surface area contributed by atoms with E-state index in [2.05, 4.69) is 10.4 Å². The van der Waals surface area contributed by atoms with Gasteiger partial charge in [0.25, 0.3) is 5.91 Å². The highest BCUT2D eigenvalue weighted by Crippen LogP contribution is 2.38. The zero-order valence-corrected chi connectivity index (χ0v) is 18.8. The van der Waals surface area contributed by atoms with Gasteiger partial charge in [-0.2, -0.15) is 18.3 Å². The smallest absolute Gasteiger partial charge is 0.416 e. The van der Waals surface area contributed by atoms with Crippen molar-refractivity contribution in [3.8, 4) is 22.9 Å². The van der Waals surface area contributed by atoms with E-state index < -0.39 is 28.8 Å². The second kappa shape index (κ2) is 9.86. The number of hydrogen-bond donors (Lipinski definition) is 1. The van der Waals surface area contributed by atoms with Crippen molar-refractivity contribution in [3.63, 3.8) is 0 Å². The highest BCUT2D eigenvalue weighted by molar-refractivity contribution is 5.92. The Hall–Kier alpha value is -4.02. The molecular formula is C23H22F3N3O5. The number of amides is 1. The number of rotatable bonds is 7. The standard InChI is InChI=1S/C23H22F3N3O5/c1-13-8-17(30)20(28-29(13)16-7-5-6-15(11-16)23(24,25)26)22(31)27-12-14-9-18(32-2)21(34-4)19(10-14)33-3/h5-11H,12H2,1-4H3,(H,27,31). The number of aryl methyl sites for hydroxylation is 1. The average molecular weight is 477 g/mol. The lowest BCUT2D eigenvalue weighted by atomic mass is 10.1. The van der Waals surface area contributed by atoms with Crippen LogP contribution in [0, 0.1) is 6.92 Å². The second-order valence-corrected chi connectivity index (χ2v) is 7.17. The van der Waals surface area contributed by atoms with Gasteiger partial charge >= 0.3 is 6.18 Å². The molecule has 0 aliphatic heterocycles. The number of ether oxygens (including phenoxy) is 3. The Kier molecular flexibility index (Phi) is 7.14. The van der Waals surface area contributed by atoms with Crippen LogP contribution in [0.1, 0.15) is 27.3 Å². The number of nitrogens with zero attached hydrogens (tertiary/aromatic N) is 2. The first kappa shape index (κ1) is 24.6. The largest absolute Gasteiger partial charge is 0.493 e. The molecule has 0 atom stereocenters. The molecule has 0 unspecified atom stereocenters. The summed E-state index contributed by atoms with van der Waals surface area (Å²) in [5.41, 5.74) is -1.08. The van der Waals surface area contributed by atoms with Gasteiger partial charge in [-0.1, -0.05) is 6.07 Å². The van der Waals surface area contributed by atoms with Crippen molar-refractivity contribution >= 4 is 5.91 Å². The lowest BCUT2D eigenvalue weighted by Gasteiger charge is -2.15. The van der Waals surface area contributed by atoms with Crippen LogP contribution in [0.4, 0.5) is 13.2 Å². The van der Waals surface area contributed by atoms with Crippen LogP contribution in [0.15, 0.2) is 47.3 Å². The number of hydrogen-bond acceptors (Lipinski definition) is 6. The Labute approximate surface area is 192 Å². The van der Waals surface area contributed by atoms with Gasteiger partial charge in [0, 0.05) is 18.3 Å². The van der Waals surface area contributed by atoms with E-state index in [1.807, 2.05) is 0 Å². The fourth-order valence-corrected chi connectivity index (χ4v) is 3.28. The van der Waals surface area contributed by atoms with E-state index in [1.54, 1.807) is 12.1 Å². The zero-order chi connectivity index (χ0) is 25.0. The number of methoxy groups -OCH3 is 3. The van der Waals surface area contributed by atoms with Crippen molar-refractivity contribution < 1.29 is 32.2 Å². The van der Waals surface area contributed by atoms with Crippen LogP contribution in [-0.2, 0) is 12.7 Å². The van der Waals surface area contributed by atoms with Gasteiger partial charge in [-0.25, -0.2) is 4.68 Å². The van der Waals surface area contributed by atoms with Crippen LogP contribution in [0.25, 0.3) is 5.69 Å². The molecule has 1 heterocycles. The van der Waals surface area contributed by atoms with Crippen molar-refractivity contribution in [3.05, 3.63) is 75.2 Å².